The molecule has 142 valence electrons. The summed E-state index contributed by atoms with van der Waals surface area (Å²) in [5, 5.41) is 7.61. The van der Waals surface area contributed by atoms with E-state index in [-0.39, 0.29) is 12.5 Å². The van der Waals surface area contributed by atoms with E-state index in [1.807, 2.05) is 54.6 Å². The van der Waals surface area contributed by atoms with Gasteiger partial charge in [0.15, 0.2) is 0 Å². The number of nitrogens with zero attached hydrogens (tertiary/aromatic N) is 1. The smallest absolute Gasteiger partial charge is 0.259 e. The summed E-state index contributed by atoms with van der Waals surface area (Å²) in [6, 6.07) is 24.6. The highest BCUT2D eigenvalue weighted by Gasteiger charge is 2.00. The number of ether oxygens (including phenoxy) is 1. The van der Waals surface area contributed by atoms with E-state index in [4.69, 9.17) is 16.3 Å². The zero-order chi connectivity index (χ0) is 19.6. The fourth-order valence-corrected chi connectivity index (χ4v) is 2.49. The van der Waals surface area contributed by atoms with Gasteiger partial charge in [-0.1, -0.05) is 41.9 Å². The van der Waals surface area contributed by atoms with Crippen molar-refractivity contribution in [3.63, 3.8) is 0 Å². The van der Waals surface area contributed by atoms with E-state index in [9.17, 15) is 4.79 Å². The summed E-state index contributed by atoms with van der Waals surface area (Å²) in [4.78, 5) is 11.8. The Morgan fingerprint density at radius 1 is 0.964 bits per heavy atom. The van der Waals surface area contributed by atoms with Gasteiger partial charge >= 0.3 is 0 Å². The lowest BCUT2D eigenvalue weighted by atomic mass is 10.2. The van der Waals surface area contributed by atoms with Crippen LogP contribution in [0, 0.1) is 0 Å². The van der Waals surface area contributed by atoms with Crippen molar-refractivity contribution in [2.45, 2.75) is 6.61 Å². The van der Waals surface area contributed by atoms with Crippen LogP contribution in [-0.4, -0.2) is 18.7 Å². The lowest BCUT2D eigenvalue weighted by molar-refractivity contribution is -0.119. The molecule has 28 heavy (non-hydrogen) atoms. The molecule has 0 saturated carbocycles. The van der Waals surface area contributed by atoms with Crippen LogP contribution in [0.2, 0.25) is 5.02 Å². The van der Waals surface area contributed by atoms with E-state index < -0.39 is 0 Å². The van der Waals surface area contributed by atoms with Gasteiger partial charge in [0.25, 0.3) is 5.91 Å². The van der Waals surface area contributed by atoms with Crippen LogP contribution >= 0.6 is 11.6 Å². The molecule has 0 bridgehead atoms. The van der Waals surface area contributed by atoms with Crippen molar-refractivity contribution in [3.8, 4) is 5.75 Å². The third kappa shape index (κ3) is 6.45. The Labute approximate surface area is 169 Å². The van der Waals surface area contributed by atoms with Crippen LogP contribution in [-0.2, 0) is 11.4 Å². The second-order valence-corrected chi connectivity index (χ2v) is 6.43. The van der Waals surface area contributed by atoms with Crippen LogP contribution in [0.25, 0.3) is 0 Å². The maximum atomic E-state index is 11.8. The first kappa shape index (κ1) is 19.5. The Hall–Kier alpha value is -3.31. The largest absolute Gasteiger partial charge is 0.489 e. The number of anilines is 1. The number of nitrogens with one attached hydrogen (secondary N) is 2. The lowest BCUT2D eigenvalue weighted by Crippen LogP contribution is -2.25. The summed E-state index contributed by atoms with van der Waals surface area (Å²) in [7, 11) is 0. The summed E-state index contributed by atoms with van der Waals surface area (Å²) < 4.78 is 5.74. The molecule has 0 atom stereocenters. The molecule has 0 radical (unpaired) electrons. The Morgan fingerprint density at radius 3 is 2.39 bits per heavy atom. The van der Waals surface area contributed by atoms with Gasteiger partial charge in [0.2, 0.25) is 0 Å². The average Bonchev–Trinajstić information content (AvgIpc) is 2.73. The number of halogens is 1. The van der Waals surface area contributed by atoms with Crippen LogP contribution in [0.15, 0.2) is 84.0 Å². The lowest BCUT2D eigenvalue weighted by Gasteiger charge is -2.06. The summed E-state index contributed by atoms with van der Waals surface area (Å²) in [6.45, 7) is 0.635. The molecule has 0 aliphatic rings. The predicted octanol–water partition coefficient (Wildman–Crippen LogP) is 4.48. The molecule has 0 aliphatic heterocycles. The van der Waals surface area contributed by atoms with Crippen LogP contribution in [0.4, 0.5) is 5.69 Å². The second-order valence-electron chi connectivity index (χ2n) is 6.00. The minimum absolute atomic E-state index is 0.116. The quantitative estimate of drug-likeness (QED) is 0.438. The third-order valence-corrected chi connectivity index (χ3v) is 4.08. The number of rotatable bonds is 8. The Balaban J connectivity index is 1.41. The van der Waals surface area contributed by atoms with Crippen molar-refractivity contribution in [2.75, 3.05) is 11.9 Å². The maximum absolute atomic E-state index is 11.8. The van der Waals surface area contributed by atoms with Crippen molar-refractivity contribution in [3.05, 3.63) is 95.0 Å². The van der Waals surface area contributed by atoms with Gasteiger partial charge in [0.1, 0.15) is 12.4 Å². The zero-order valence-electron chi connectivity index (χ0n) is 15.1. The second kappa shape index (κ2) is 10.1. The van der Waals surface area contributed by atoms with Crippen LogP contribution < -0.4 is 15.5 Å². The van der Waals surface area contributed by atoms with E-state index in [1.165, 1.54) is 0 Å². The fourth-order valence-electron chi connectivity index (χ4n) is 2.36. The molecule has 3 rings (SSSR count). The van der Waals surface area contributed by atoms with E-state index in [1.54, 1.807) is 30.5 Å². The van der Waals surface area contributed by atoms with Crippen molar-refractivity contribution in [2.24, 2.45) is 5.10 Å². The number of hydrogen-bond acceptors (Lipinski definition) is 4. The molecular weight excluding hydrogens is 374 g/mol. The van der Waals surface area contributed by atoms with Crippen molar-refractivity contribution >= 4 is 29.4 Å². The summed E-state index contributed by atoms with van der Waals surface area (Å²) in [5.74, 6) is 0.534. The Morgan fingerprint density at radius 2 is 1.68 bits per heavy atom. The number of hydrazone groups is 1. The molecule has 0 aliphatic carbocycles. The number of amides is 1. The van der Waals surface area contributed by atoms with Crippen LogP contribution in [0.1, 0.15) is 11.1 Å². The topological polar surface area (TPSA) is 62.7 Å². The first-order valence-corrected chi connectivity index (χ1v) is 9.15. The van der Waals surface area contributed by atoms with Gasteiger partial charge in [0, 0.05) is 10.7 Å². The number of carbonyl (C=O) groups is 1. The van der Waals surface area contributed by atoms with Gasteiger partial charge in [-0.25, -0.2) is 5.43 Å². The summed E-state index contributed by atoms with van der Waals surface area (Å²) >= 11 is 5.82. The molecule has 3 aromatic carbocycles. The average molecular weight is 394 g/mol. The highest BCUT2D eigenvalue weighted by atomic mass is 35.5. The van der Waals surface area contributed by atoms with Gasteiger partial charge in [-0.2, -0.15) is 5.10 Å². The number of benzene rings is 3. The van der Waals surface area contributed by atoms with E-state index in [2.05, 4.69) is 15.8 Å². The van der Waals surface area contributed by atoms with Gasteiger partial charge < -0.3 is 10.1 Å². The summed E-state index contributed by atoms with van der Waals surface area (Å²) in [6.07, 6.45) is 1.58. The van der Waals surface area contributed by atoms with Crippen LogP contribution in [0.3, 0.4) is 0 Å². The van der Waals surface area contributed by atoms with Crippen molar-refractivity contribution in [1.82, 2.24) is 5.43 Å². The third-order valence-electron chi connectivity index (χ3n) is 3.83. The first-order valence-electron chi connectivity index (χ1n) is 8.77. The molecule has 3 aromatic rings. The minimum atomic E-state index is -0.242. The van der Waals surface area contributed by atoms with E-state index in [0.29, 0.717) is 11.6 Å². The molecule has 0 heterocycles. The zero-order valence-corrected chi connectivity index (χ0v) is 15.9. The molecule has 6 heteroatoms. The van der Waals surface area contributed by atoms with Gasteiger partial charge in [0.05, 0.1) is 12.8 Å². The van der Waals surface area contributed by atoms with Gasteiger partial charge in [-0.3, -0.25) is 4.79 Å². The number of hydrogen-bond donors (Lipinski definition) is 2. The van der Waals surface area contributed by atoms with E-state index >= 15 is 0 Å². The molecule has 0 spiro atoms. The molecule has 0 saturated heterocycles. The number of carbonyl (C=O) groups excluding carboxylic acids is 1. The predicted molar refractivity (Wildman–Crippen MR) is 113 cm³/mol. The summed E-state index contributed by atoms with van der Waals surface area (Å²) in [5.41, 5.74) is 5.27. The van der Waals surface area contributed by atoms with Crippen molar-refractivity contribution < 1.29 is 9.53 Å². The van der Waals surface area contributed by atoms with Gasteiger partial charge in [-0.15, -0.1) is 0 Å². The normalized spacial score (nSPS) is 10.6. The fraction of sp³-hybridized carbons (Fsp3) is 0.0909. The SMILES string of the molecule is O=C(CNc1ccc(Cl)cc1)N/N=C\c1ccc(OCc2ccccc2)cc1. The highest BCUT2D eigenvalue weighted by molar-refractivity contribution is 6.30. The molecule has 0 aromatic heterocycles. The molecule has 2 N–H and O–H groups in total. The molecular formula is C22H20ClN3O2. The van der Waals surface area contributed by atoms with Crippen LogP contribution in [0.5, 0.6) is 5.75 Å². The standard InChI is InChI=1S/C22H20ClN3O2/c23-19-8-10-20(11-9-19)24-15-22(27)26-25-14-17-6-12-21(13-7-17)28-16-18-4-2-1-3-5-18/h1-14,24H,15-16H2,(H,26,27)/b25-14-. The molecule has 1 amide bonds. The molecule has 0 unspecified atom stereocenters. The maximum Gasteiger partial charge on any atom is 0.259 e. The Bertz CT molecular complexity index is 911. The van der Waals surface area contributed by atoms with E-state index in [0.717, 1.165) is 22.6 Å². The van der Waals surface area contributed by atoms with Gasteiger partial charge in [-0.05, 0) is 59.7 Å². The minimum Gasteiger partial charge on any atom is -0.489 e. The molecule has 0 fully saturated rings. The Kier molecular flexibility index (Phi) is 7.04. The van der Waals surface area contributed by atoms with Crippen molar-refractivity contribution in [1.29, 1.82) is 0 Å². The monoisotopic (exact) mass is 393 g/mol. The first-order chi connectivity index (χ1) is 13.7. The molecule has 5 nitrogen and oxygen atoms in total. The highest BCUT2D eigenvalue weighted by Crippen LogP contribution is 2.14.